The van der Waals surface area contributed by atoms with Crippen LogP contribution in [0.3, 0.4) is 0 Å². The third-order valence-electron chi connectivity index (χ3n) is 5.19. The van der Waals surface area contributed by atoms with Crippen LogP contribution < -0.4 is 0 Å². The molecule has 0 atom stereocenters. The minimum atomic E-state index is -1.38. The van der Waals surface area contributed by atoms with Gasteiger partial charge in [-0.1, -0.05) is 78.9 Å². The normalized spacial score (nSPS) is 11.3. The molecular weight excluding hydrogens is 444 g/mol. The molecule has 0 saturated carbocycles. The molecule has 0 bridgehead atoms. The minimum absolute atomic E-state index is 0.236. The first-order valence-electron chi connectivity index (χ1n) is 11.2. The molecule has 35 heavy (non-hydrogen) atoms. The van der Waals surface area contributed by atoms with Crippen LogP contribution in [0.15, 0.2) is 78.9 Å². The molecule has 0 unspecified atom stereocenters. The maximum absolute atomic E-state index is 12.0. The van der Waals surface area contributed by atoms with Crippen LogP contribution >= 0.6 is 0 Å². The summed E-state index contributed by atoms with van der Waals surface area (Å²) in [6.07, 6.45) is 0.661. The van der Waals surface area contributed by atoms with Crippen molar-refractivity contribution in [3.8, 4) is 0 Å². The van der Waals surface area contributed by atoms with Gasteiger partial charge in [-0.2, -0.15) is 0 Å². The van der Waals surface area contributed by atoms with Crippen molar-refractivity contribution in [2.24, 2.45) is 0 Å². The number of Topliss-reactive ketones (excluding diaryl/α,β-unsaturated/α-hetero) is 3. The fourth-order valence-corrected chi connectivity index (χ4v) is 3.21. The summed E-state index contributed by atoms with van der Waals surface area (Å²) >= 11 is 0. The summed E-state index contributed by atoms with van der Waals surface area (Å²) < 4.78 is 0. The number of aliphatic hydroxyl groups is 3. The standard InChI is InChI=1S/C21H24O4.C8H8O2/c1-20(2,24)18(22)16-9-5-14(6-10-16)13-15-7-11-17(12-8-15)19(23)21(3,4)25;9-6-8(10)7-4-2-1-3-5-7/h5-12,24-25H,13H2,1-4H3;1-5,9H,6H2. The Labute approximate surface area is 205 Å². The molecule has 3 aromatic rings. The molecule has 0 amide bonds. The minimum Gasteiger partial charge on any atom is -0.388 e. The summed E-state index contributed by atoms with van der Waals surface area (Å²) in [5.41, 5.74) is 0.784. The zero-order valence-corrected chi connectivity index (χ0v) is 20.5. The van der Waals surface area contributed by atoms with E-state index in [0.29, 0.717) is 23.1 Å². The van der Waals surface area contributed by atoms with Gasteiger partial charge in [0.1, 0.15) is 17.8 Å². The van der Waals surface area contributed by atoms with Gasteiger partial charge in [-0.15, -0.1) is 0 Å². The zero-order chi connectivity index (χ0) is 26.2. The maximum Gasteiger partial charge on any atom is 0.193 e. The van der Waals surface area contributed by atoms with Crippen LogP contribution in [0, 0.1) is 0 Å². The monoisotopic (exact) mass is 476 g/mol. The van der Waals surface area contributed by atoms with Gasteiger partial charge >= 0.3 is 0 Å². The van der Waals surface area contributed by atoms with Crippen molar-refractivity contribution in [2.75, 3.05) is 6.61 Å². The molecular formula is C29H32O6. The van der Waals surface area contributed by atoms with E-state index in [4.69, 9.17) is 5.11 Å². The number of carbonyl (C=O) groups is 3. The van der Waals surface area contributed by atoms with E-state index >= 15 is 0 Å². The highest BCUT2D eigenvalue weighted by atomic mass is 16.3. The van der Waals surface area contributed by atoms with E-state index in [1.807, 2.05) is 30.3 Å². The Morgan fingerprint density at radius 3 is 1.29 bits per heavy atom. The molecule has 0 fully saturated rings. The Balaban J connectivity index is 0.000000360. The van der Waals surface area contributed by atoms with Gasteiger partial charge in [0.25, 0.3) is 0 Å². The highest BCUT2D eigenvalue weighted by Gasteiger charge is 2.25. The second kappa shape index (κ2) is 11.8. The molecule has 0 aliphatic heterocycles. The van der Waals surface area contributed by atoms with Gasteiger partial charge in [-0.05, 0) is 45.2 Å². The van der Waals surface area contributed by atoms with Crippen molar-refractivity contribution >= 4 is 17.3 Å². The summed E-state index contributed by atoms with van der Waals surface area (Å²) in [6.45, 7) is 5.48. The lowest BCUT2D eigenvalue weighted by molar-refractivity contribution is 0.0487. The summed E-state index contributed by atoms with van der Waals surface area (Å²) in [5, 5.41) is 28.0. The summed E-state index contributed by atoms with van der Waals surface area (Å²) in [7, 11) is 0. The molecule has 6 heteroatoms. The number of benzene rings is 3. The number of ketones is 3. The largest absolute Gasteiger partial charge is 0.388 e. The van der Waals surface area contributed by atoms with Gasteiger partial charge in [0.05, 0.1) is 0 Å². The van der Waals surface area contributed by atoms with E-state index in [1.165, 1.54) is 27.7 Å². The molecule has 184 valence electrons. The lowest BCUT2D eigenvalue weighted by Gasteiger charge is -2.16. The van der Waals surface area contributed by atoms with Gasteiger partial charge < -0.3 is 15.3 Å². The van der Waals surface area contributed by atoms with Crippen LogP contribution in [0.2, 0.25) is 0 Å². The topological polar surface area (TPSA) is 112 Å². The van der Waals surface area contributed by atoms with Crippen molar-refractivity contribution < 1.29 is 29.7 Å². The predicted molar refractivity (Wildman–Crippen MR) is 135 cm³/mol. The molecule has 0 aromatic heterocycles. The SMILES string of the molecule is CC(C)(O)C(=O)c1ccc(Cc2ccc(C(=O)C(C)(C)O)cc2)cc1.O=C(CO)c1ccccc1. The average molecular weight is 477 g/mol. The molecule has 3 N–H and O–H groups in total. The first-order chi connectivity index (χ1) is 16.3. The first-order valence-corrected chi connectivity index (χ1v) is 11.2. The fourth-order valence-electron chi connectivity index (χ4n) is 3.21. The van der Waals surface area contributed by atoms with E-state index in [0.717, 1.165) is 11.1 Å². The number of rotatable bonds is 8. The van der Waals surface area contributed by atoms with E-state index in [1.54, 1.807) is 48.5 Å². The third kappa shape index (κ3) is 8.37. The van der Waals surface area contributed by atoms with E-state index in [9.17, 15) is 24.6 Å². The maximum atomic E-state index is 12.0. The van der Waals surface area contributed by atoms with Crippen molar-refractivity contribution in [2.45, 2.75) is 45.3 Å². The van der Waals surface area contributed by atoms with Crippen molar-refractivity contribution in [1.29, 1.82) is 0 Å². The van der Waals surface area contributed by atoms with E-state index < -0.39 is 17.8 Å². The van der Waals surface area contributed by atoms with E-state index in [-0.39, 0.29) is 17.3 Å². The quantitative estimate of drug-likeness (QED) is 0.423. The zero-order valence-electron chi connectivity index (χ0n) is 20.5. The molecule has 0 aliphatic carbocycles. The lowest BCUT2D eigenvalue weighted by atomic mass is 9.94. The lowest BCUT2D eigenvalue weighted by Crippen LogP contribution is -2.31. The Kier molecular flexibility index (Phi) is 9.37. The smallest absolute Gasteiger partial charge is 0.193 e. The van der Waals surface area contributed by atoms with Gasteiger partial charge in [-0.25, -0.2) is 0 Å². The molecule has 0 aliphatic rings. The number of carbonyl (C=O) groups excluding carboxylic acids is 3. The highest BCUT2D eigenvalue weighted by molar-refractivity contribution is 6.02. The first kappa shape index (κ1) is 27.8. The summed E-state index contributed by atoms with van der Waals surface area (Å²) in [5.74, 6) is -0.859. The van der Waals surface area contributed by atoms with Gasteiger partial charge in [0.15, 0.2) is 17.3 Å². The Bertz CT molecular complexity index is 1070. The summed E-state index contributed by atoms with van der Waals surface area (Å²) in [6, 6.07) is 23.0. The number of hydrogen-bond donors (Lipinski definition) is 3. The molecule has 0 radical (unpaired) electrons. The second-order valence-electron chi connectivity index (χ2n) is 9.29. The van der Waals surface area contributed by atoms with E-state index in [2.05, 4.69) is 0 Å². The Hall–Kier alpha value is -3.45. The van der Waals surface area contributed by atoms with Crippen LogP contribution in [0.4, 0.5) is 0 Å². The highest BCUT2D eigenvalue weighted by Crippen LogP contribution is 2.18. The van der Waals surface area contributed by atoms with Crippen LogP contribution in [0.1, 0.15) is 69.9 Å². The second-order valence-corrected chi connectivity index (χ2v) is 9.29. The van der Waals surface area contributed by atoms with Crippen molar-refractivity contribution in [1.82, 2.24) is 0 Å². The Morgan fingerprint density at radius 2 is 0.971 bits per heavy atom. The molecule has 0 heterocycles. The Morgan fingerprint density at radius 1 is 0.600 bits per heavy atom. The average Bonchev–Trinajstić information content (AvgIpc) is 2.83. The summed E-state index contributed by atoms with van der Waals surface area (Å²) in [4.78, 5) is 34.8. The van der Waals surface area contributed by atoms with Gasteiger partial charge in [0, 0.05) is 16.7 Å². The number of hydrogen-bond acceptors (Lipinski definition) is 6. The van der Waals surface area contributed by atoms with Crippen LogP contribution in [-0.2, 0) is 6.42 Å². The molecule has 3 rings (SSSR count). The third-order valence-corrected chi connectivity index (χ3v) is 5.19. The van der Waals surface area contributed by atoms with Crippen molar-refractivity contribution in [3.63, 3.8) is 0 Å². The molecule has 6 nitrogen and oxygen atoms in total. The molecule has 3 aromatic carbocycles. The molecule has 0 spiro atoms. The van der Waals surface area contributed by atoms with Crippen LogP contribution in [0.25, 0.3) is 0 Å². The fraction of sp³-hybridized carbons (Fsp3) is 0.276. The van der Waals surface area contributed by atoms with Gasteiger partial charge in [0.2, 0.25) is 0 Å². The van der Waals surface area contributed by atoms with Gasteiger partial charge in [-0.3, -0.25) is 14.4 Å². The predicted octanol–water partition coefficient (Wildman–Crippen LogP) is 4.05. The number of aliphatic hydroxyl groups excluding tert-OH is 1. The van der Waals surface area contributed by atoms with Crippen molar-refractivity contribution in [3.05, 3.63) is 107 Å². The molecule has 0 saturated heterocycles. The van der Waals surface area contributed by atoms with Crippen LogP contribution in [0.5, 0.6) is 0 Å². The van der Waals surface area contributed by atoms with Crippen LogP contribution in [-0.4, -0.2) is 50.5 Å².